The van der Waals surface area contributed by atoms with Gasteiger partial charge in [-0.3, -0.25) is 4.68 Å². The van der Waals surface area contributed by atoms with Crippen LogP contribution in [0.3, 0.4) is 0 Å². The van der Waals surface area contributed by atoms with Crippen molar-refractivity contribution in [3.05, 3.63) is 11.9 Å². The van der Waals surface area contributed by atoms with Crippen LogP contribution in [-0.2, 0) is 11.3 Å². The van der Waals surface area contributed by atoms with Crippen molar-refractivity contribution >= 4 is 0 Å². The molecule has 0 saturated heterocycles. The van der Waals surface area contributed by atoms with Crippen LogP contribution in [0, 0.1) is 0 Å². The third kappa shape index (κ3) is 3.24. The molecule has 0 aliphatic heterocycles. The van der Waals surface area contributed by atoms with E-state index in [1.165, 1.54) is 19.3 Å². The second kappa shape index (κ2) is 7.27. The normalized spacial score (nSPS) is 19.4. The Kier molecular flexibility index (Phi) is 5.65. The first kappa shape index (κ1) is 16.3. The van der Waals surface area contributed by atoms with Gasteiger partial charge in [-0.1, -0.05) is 26.2 Å². The van der Waals surface area contributed by atoms with Crippen LogP contribution in [0.15, 0.2) is 6.20 Å². The van der Waals surface area contributed by atoms with E-state index in [1.54, 1.807) is 13.3 Å². The van der Waals surface area contributed by atoms with E-state index in [1.807, 2.05) is 11.6 Å². The molecule has 1 heterocycles. The monoisotopic (exact) mass is 295 g/mol. The average molecular weight is 295 g/mol. The molecule has 120 valence electrons. The molecule has 1 aromatic heterocycles. The minimum Gasteiger partial charge on any atom is -0.493 e. The maximum atomic E-state index is 6.68. The second-order valence-corrected chi connectivity index (χ2v) is 5.86. The summed E-state index contributed by atoms with van der Waals surface area (Å²) in [7, 11) is 1.68. The first-order valence-electron chi connectivity index (χ1n) is 8.17. The Morgan fingerprint density at radius 2 is 2.05 bits per heavy atom. The van der Waals surface area contributed by atoms with Gasteiger partial charge in [0, 0.05) is 13.2 Å². The highest BCUT2D eigenvalue weighted by Crippen LogP contribution is 2.42. The van der Waals surface area contributed by atoms with E-state index in [9.17, 15) is 0 Å². The molecule has 0 bridgehead atoms. The van der Waals surface area contributed by atoms with Gasteiger partial charge in [-0.15, -0.1) is 0 Å². The van der Waals surface area contributed by atoms with Crippen LogP contribution >= 0.6 is 0 Å². The van der Waals surface area contributed by atoms with Crippen LogP contribution in [0.2, 0.25) is 0 Å². The van der Waals surface area contributed by atoms with Crippen molar-refractivity contribution in [1.29, 1.82) is 0 Å². The fourth-order valence-corrected chi connectivity index (χ4v) is 3.47. The molecular weight excluding hydrogens is 266 g/mol. The van der Waals surface area contributed by atoms with Crippen molar-refractivity contribution in [3.8, 4) is 5.75 Å². The smallest absolute Gasteiger partial charge is 0.161 e. The summed E-state index contributed by atoms with van der Waals surface area (Å²) in [6.07, 6.45) is 8.45. The molecule has 0 spiro atoms. The Labute approximate surface area is 127 Å². The molecule has 1 unspecified atom stereocenters. The molecule has 5 nitrogen and oxygen atoms in total. The molecule has 0 aromatic carbocycles. The molecule has 1 aliphatic rings. The fourth-order valence-electron chi connectivity index (χ4n) is 3.47. The quantitative estimate of drug-likeness (QED) is 0.840. The third-order valence-corrected chi connectivity index (χ3v) is 4.49. The lowest BCUT2D eigenvalue weighted by atomic mass is 9.78. The van der Waals surface area contributed by atoms with Gasteiger partial charge in [-0.05, 0) is 26.2 Å². The Morgan fingerprint density at radius 1 is 1.33 bits per heavy atom. The van der Waals surface area contributed by atoms with E-state index in [4.69, 9.17) is 15.2 Å². The van der Waals surface area contributed by atoms with E-state index in [0.29, 0.717) is 6.61 Å². The Balaban J connectivity index is 2.35. The summed E-state index contributed by atoms with van der Waals surface area (Å²) in [6, 6.07) is -0.193. The molecule has 0 radical (unpaired) electrons. The number of rotatable bonds is 7. The van der Waals surface area contributed by atoms with Crippen molar-refractivity contribution < 1.29 is 9.47 Å². The van der Waals surface area contributed by atoms with Crippen LogP contribution in [-0.4, -0.2) is 29.1 Å². The maximum absolute atomic E-state index is 6.68. The number of hydrogen-bond donors (Lipinski definition) is 1. The molecule has 1 atom stereocenters. The Bertz CT molecular complexity index is 433. The predicted octanol–water partition coefficient (Wildman–Crippen LogP) is 3.04. The first-order valence-corrected chi connectivity index (χ1v) is 8.17. The number of aryl methyl sites for hydroxylation is 1. The zero-order valence-corrected chi connectivity index (χ0v) is 13.6. The van der Waals surface area contributed by atoms with Crippen LogP contribution in [0.1, 0.15) is 64.1 Å². The van der Waals surface area contributed by atoms with Crippen LogP contribution in [0.5, 0.6) is 5.75 Å². The summed E-state index contributed by atoms with van der Waals surface area (Å²) in [5.74, 6) is 0.778. The zero-order valence-electron chi connectivity index (χ0n) is 13.6. The lowest BCUT2D eigenvalue weighted by Crippen LogP contribution is -2.46. The van der Waals surface area contributed by atoms with Gasteiger partial charge in [-0.25, -0.2) is 0 Å². The standard InChI is InChI=1S/C16H29N3O2/c1-4-11-19-14(13(20-3)12-18-19)15(17)16(21-5-2)9-7-6-8-10-16/h12,15H,4-11,17H2,1-3H3. The topological polar surface area (TPSA) is 62.3 Å². The number of nitrogens with two attached hydrogens (primary N) is 1. The summed E-state index contributed by atoms with van der Waals surface area (Å²) >= 11 is 0. The van der Waals surface area contributed by atoms with Gasteiger partial charge in [0.1, 0.15) is 5.69 Å². The molecule has 1 fully saturated rings. The van der Waals surface area contributed by atoms with Crippen molar-refractivity contribution in [1.82, 2.24) is 9.78 Å². The van der Waals surface area contributed by atoms with Crippen LogP contribution in [0.25, 0.3) is 0 Å². The number of hydrogen-bond acceptors (Lipinski definition) is 4. The second-order valence-electron chi connectivity index (χ2n) is 5.86. The minimum absolute atomic E-state index is 0.193. The highest BCUT2D eigenvalue weighted by Gasteiger charge is 2.42. The average Bonchev–Trinajstić information content (AvgIpc) is 2.91. The van der Waals surface area contributed by atoms with Gasteiger partial charge in [0.05, 0.1) is 24.9 Å². The third-order valence-electron chi connectivity index (χ3n) is 4.49. The highest BCUT2D eigenvalue weighted by molar-refractivity contribution is 5.30. The predicted molar refractivity (Wildman–Crippen MR) is 83.4 cm³/mol. The number of nitrogens with zero attached hydrogens (tertiary/aromatic N) is 2. The maximum Gasteiger partial charge on any atom is 0.161 e. The van der Waals surface area contributed by atoms with E-state index in [0.717, 1.165) is 37.3 Å². The molecular formula is C16H29N3O2. The largest absolute Gasteiger partial charge is 0.493 e. The van der Waals surface area contributed by atoms with E-state index >= 15 is 0 Å². The van der Waals surface area contributed by atoms with Gasteiger partial charge in [-0.2, -0.15) is 5.10 Å². The van der Waals surface area contributed by atoms with Crippen molar-refractivity contribution in [2.45, 2.75) is 70.6 Å². The van der Waals surface area contributed by atoms with Gasteiger partial charge in [0.15, 0.2) is 5.75 Å². The molecule has 1 aromatic rings. The van der Waals surface area contributed by atoms with Gasteiger partial charge < -0.3 is 15.2 Å². The van der Waals surface area contributed by atoms with Crippen molar-refractivity contribution in [2.75, 3.05) is 13.7 Å². The fraction of sp³-hybridized carbons (Fsp3) is 0.812. The molecule has 5 heteroatoms. The highest BCUT2D eigenvalue weighted by atomic mass is 16.5. The minimum atomic E-state index is -0.272. The summed E-state index contributed by atoms with van der Waals surface area (Å²) in [5, 5.41) is 4.44. The van der Waals surface area contributed by atoms with Crippen molar-refractivity contribution in [2.24, 2.45) is 5.73 Å². The Morgan fingerprint density at radius 3 is 2.62 bits per heavy atom. The summed E-state index contributed by atoms with van der Waals surface area (Å²) in [5.41, 5.74) is 7.39. The number of aromatic nitrogens is 2. The molecule has 1 aliphatic carbocycles. The van der Waals surface area contributed by atoms with Crippen molar-refractivity contribution in [3.63, 3.8) is 0 Å². The summed E-state index contributed by atoms with van der Waals surface area (Å²) < 4.78 is 13.6. The van der Waals surface area contributed by atoms with E-state index in [-0.39, 0.29) is 11.6 Å². The van der Waals surface area contributed by atoms with E-state index < -0.39 is 0 Å². The first-order chi connectivity index (χ1) is 10.2. The molecule has 1 saturated carbocycles. The lowest BCUT2D eigenvalue weighted by molar-refractivity contribution is -0.0849. The van der Waals surface area contributed by atoms with Crippen LogP contribution < -0.4 is 10.5 Å². The van der Waals surface area contributed by atoms with Gasteiger partial charge in [0.2, 0.25) is 0 Å². The van der Waals surface area contributed by atoms with Crippen LogP contribution in [0.4, 0.5) is 0 Å². The SMILES string of the molecule is CCCn1ncc(OC)c1C(N)C1(OCC)CCCCC1. The molecule has 2 N–H and O–H groups in total. The zero-order chi connectivity index (χ0) is 15.3. The lowest BCUT2D eigenvalue weighted by Gasteiger charge is -2.41. The molecule has 21 heavy (non-hydrogen) atoms. The molecule has 2 rings (SSSR count). The number of methoxy groups -OCH3 is 1. The van der Waals surface area contributed by atoms with E-state index in [2.05, 4.69) is 12.0 Å². The Hall–Kier alpha value is -1.07. The number of ether oxygens (including phenoxy) is 2. The summed E-state index contributed by atoms with van der Waals surface area (Å²) in [6.45, 7) is 5.73. The van der Waals surface area contributed by atoms with Gasteiger partial charge >= 0.3 is 0 Å². The van der Waals surface area contributed by atoms with Gasteiger partial charge in [0.25, 0.3) is 0 Å². The summed E-state index contributed by atoms with van der Waals surface area (Å²) in [4.78, 5) is 0. The molecule has 0 amide bonds.